The number of hydrogen-bond donors (Lipinski definition) is 0. The molecule has 0 saturated carbocycles. The lowest BCUT2D eigenvalue weighted by atomic mass is 10.1. The predicted molar refractivity (Wildman–Crippen MR) is 233 cm³/mol. The summed E-state index contributed by atoms with van der Waals surface area (Å²) in [6.45, 7) is 6.56. The first kappa shape index (κ1) is 52.9. The highest BCUT2D eigenvalue weighted by Crippen LogP contribution is 2.15. The van der Waals surface area contributed by atoms with Crippen LogP contribution in [0.1, 0.15) is 252 Å². The van der Waals surface area contributed by atoms with Crippen LogP contribution < -0.4 is 0 Å². The number of rotatable bonds is 43. The van der Waals surface area contributed by atoms with Crippen LogP contribution in [0.4, 0.5) is 0 Å². The Balaban J connectivity index is 4.13. The molecule has 0 rings (SSSR count). The van der Waals surface area contributed by atoms with E-state index in [-0.39, 0.29) is 31.1 Å². The van der Waals surface area contributed by atoms with Crippen LogP contribution >= 0.6 is 0 Å². The van der Waals surface area contributed by atoms with Crippen molar-refractivity contribution in [1.82, 2.24) is 0 Å². The van der Waals surface area contributed by atoms with Crippen molar-refractivity contribution in [3.63, 3.8) is 0 Å². The van der Waals surface area contributed by atoms with Crippen LogP contribution in [0.25, 0.3) is 0 Å². The lowest BCUT2D eigenvalue weighted by Crippen LogP contribution is -2.30. The predicted octanol–water partition coefficient (Wildman–Crippen LogP) is 15.2. The molecule has 0 aromatic carbocycles. The van der Waals surface area contributed by atoms with Crippen LogP contribution in [0.2, 0.25) is 0 Å². The zero-order valence-corrected chi connectivity index (χ0v) is 36.7. The number of allylic oxidation sites excluding steroid dienone is 4. The van der Waals surface area contributed by atoms with Crippen molar-refractivity contribution in [2.45, 2.75) is 258 Å². The van der Waals surface area contributed by atoms with Gasteiger partial charge in [0, 0.05) is 19.3 Å². The van der Waals surface area contributed by atoms with Crippen LogP contribution in [0.15, 0.2) is 24.3 Å². The fourth-order valence-corrected chi connectivity index (χ4v) is 6.82. The second-order valence-corrected chi connectivity index (χ2v) is 16.0. The van der Waals surface area contributed by atoms with Crippen molar-refractivity contribution in [3.8, 4) is 0 Å². The van der Waals surface area contributed by atoms with Gasteiger partial charge in [0.1, 0.15) is 13.2 Å². The molecule has 0 spiro atoms. The van der Waals surface area contributed by atoms with Gasteiger partial charge in [-0.25, -0.2) is 0 Å². The first-order valence-electron chi connectivity index (χ1n) is 23.8. The van der Waals surface area contributed by atoms with E-state index in [9.17, 15) is 14.4 Å². The molecule has 322 valence electrons. The van der Waals surface area contributed by atoms with Gasteiger partial charge in [0.2, 0.25) is 0 Å². The molecule has 0 aliphatic heterocycles. The van der Waals surface area contributed by atoms with Crippen LogP contribution in [0.5, 0.6) is 0 Å². The Hall–Kier alpha value is -2.11. The second-order valence-electron chi connectivity index (χ2n) is 16.0. The van der Waals surface area contributed by atoms with Crippen LogP contribution in [0.3, 0.4) is 0 Å². The molecule has 1 unspecified atom stereocenters. The summed E-state index contributed by atoms with van der Waals surface area (Å²) in [5.41, 5.74) is 0. The van der Waals surface area contributed by atoms with Crippen LogP contribution in [0, 0.1) is 0 Å². The standard InChI is InChI=1S/C49H90O6/c1-4-7-10-13-16-18-20-21-22-23-24-25-26-27-28-29-30-32-33-36-39-42-48(51)54-45-46(44-53-47(50)41-38-35-15-12-9-6-3)55-49(52)43-40-37-34-31-19-17-14-11-8-5-2/h20-21,23-24,46H,4-19,22,25-45H2,1-3H3/b21-20-,24-23-. The fraction of sp³-hybridized carbons (Fsp3) is 0.857. The Bertz CT molecular complexity index is 896. The maximum Gasteiger partial charge on any atom is 0.306 e. The Morgan fingerprint density at radius 1 is 0.364 bits per heavy atom. The van der Waals surface area contributed by atoms with Crippen molar-refractivity contribution in [2.24, 2.45) is 0 Å². The average Bonchev–Trinajstić information content (AvgIpc) is 3.18. The highest BCUT2D eigenvalue weighted by molar-refractivity contribution is 5.71. The van der Waals surface area contributed by atoms with Gasteiger partial charge in [-0.15, -0.1) is 0 Å². The highest BCUT2D eigenvalue weighted by Gasteiger charge is 2.19. The maximum absolute atomic E-state index is 12.6. The highest BCUT2D eigenvalue weighted by atomic mass is 16.6. The normalized spacial score (nSPS) is 12.1. The first-order chi connectivity index (χ1) is 27.0. The molecule has 0 aliphatic rings. The molecule has 1 atom stereocenters. The number of hydrogen-bond acceptors (Lipinski definition) is 6. The number of carbonyl (C=O) groups is 3. The summed E-state index contributed by atoms with van der Waals surface area (Å²) in [4.78, 5) is 37.5. The number of unbranched alkanes of at least 4 members (excludes halogenated alkanes) is 28. The minimum absolute atomic E-state index is 0.0701. The number of carbonyl (C=O) groups excluding carboxylic acids is 3. The molecule has 0 aromatic rings. The van der Waals surface area contributed by atoms with Gasteiger partial charge in [0.05, 0.1) is 0 Å². The maximum atomic E-state index is 12.6. The summed E-state index contributed by atoms with van der Waals surface area (Å²) in [5.74, 6) is -0.879. The molecule has 0 amide bonds. The van der Waals surface area contributed by atoms with Crippen molar-refractivity contribution in [1.29, 1.82) is 0 Å². The van der Waals surface area contributed by atoms with E-state index in [4.69, 9.17) is 14.2 Å². The lowest BCUT2D eigenvalue weighted by molar-refractivity contribution is -0.167. The molecule has 0 heterocycles. The third kappa shape index (κ3) is 42.9. The van der Waals surface area contributed by atoms with Gasteiger partial charge in [0.25, 0.3) is 0 Å². The monoisotopic (exact) mass is 775 g/mol. The molecule has 0 fully saturated rings. The molecule has 0 bridgehead atoms. The van der Waals surface area contributed by atoms with Gasteiger partial charge in [-0.05, 0) is 51.4 Å². The Labute approximate surface area is 341 Å². The van der Waals surface area contributed by atoms with E-state index < -0.39 is 6.10 Å². The van der Waals surface area contributed by atoms with E-state index in [1.165, 1.54) is 148 Å². The Kier molecular flexibility index (Phi) is 42.9. The molecule has 0 radical (unpaired) electrons. The van der Waals surface area contributed by atoms with Gasteiger partial charge in [-0.1, -0.05) is 206 Å². The van der Waals surface area contributed by atoms with E-state index in [0.29, 0.717) is 19.3 Å². The van der Waals surface area contributed by atoms with Crippen molar-refractivity contribution in [3.05, 3.63) is 24.3 Å². The van der Waals surface area contributed by atoms with Crippen LogP contribution in [-0.2, 0) is 28.6 Å². The van der Waals surface area contributed by atoms with Crippen molar-refractivity contribution in [2.75, 3.05) is 13.2 Å². The van der Waals surface area contributed by atoms with Gasteiger partial charge in [-0.3, -0.25) is 14.4 Å². The van der Waals surface area contributed by atoms with E-state index in [1.807, 2.05) is 0 Å². The molecule has 0 aliphatic carbocycles. The molecule has 55 heavy (non-hydrogen) atoms. The molecule has 0 aromatic heterocycles. The van der Waals surface area contributed by atoms with Crippen LogP contribution in [-0.4, -0.2) is 37.2 Å². The zero-order chi connectivity index (χ0) is 40.1. The molecule has 0 saturated heterocycles. The van der Waals surface area contributed by atoms with E-state index in [0.717, 1.165) is 64.2 Å². The summed E-state index contributed by atoms with van der Waals surface area (Å²) in [6, 6.07) is 0. The van der Waals surface area contributed by atoms with Crippen molar-refractivity contribution < 1.29 is 28.6 Å². The number of ether oxygens (including phenoxy) is 3. The Morgan fingerprint density at radius 3 is 1.00 bits per heavy atom. The summed E-state index contributed by atoms with van der Waals surface area (Å²) in [6.07, 6.45) is 49.0. The largest absolute Gasteiger partial charge is 0.462 e. The van der Waals surface area contributed by atoms with E-state index in [1.54, 1.807) is 0 Å². The van der Waals surface area contributed by atoms with E-state index >= 15 is 0 Å². The van der Waals surface area contributed by atoms with Gasteiger partial charge in [0.15, 0.2) is 6.10 Å². The summed E-state index contributed by atoms with van der Waals surface area (Å²) >= 11 is 0. The topological polar surface area (TPSA) is 78.9 Å². The summed E-state index contributed by atoms with van der Waals surface area (Å²) in [7, 11) is 0. The minimum Gasteiger partial charge on any atom is -0.462 e. The third-order valence-corrected chi connectivity index (χ3v) is 10.5. The molecule has 6 heteroatoms. The minimum atomic E-state index is -0.763. The van der Waals surface area contributed by atoms with Gasteiger partial charge >= 0.3 is 17.9 Å². The third-order valence-electron chi connectivity index (χ3n) is 10.5. The molecular formula is C49H90O6. The molecule has 6 nitrogen and oxygen atoms in total. The average molecular weight is 775 g/mol. The van der Waals surface area contributed by atoms with Gasteiger partial charge in [-0.2, -0.15) is 0 Å². The Morgan fingerprint density at radius 2 is 0.655 bits per heavy atom. The zero-order valence-electron chi connectivity index (χ0n) is 36.7. The quantitative estimate of drug-likeness (QED) is 0.0266. The second kappa shape index (κ2) is 44.6. The summed E-state index contributed by atoms with van der Waals surface area (Å²) < 4.78 is 16.6. The summed E-state index contributed by atoms with van der Waals surface area (Å²) in [5, 5.41) is 0. The molecule has 0 N–H and O–H groups in total. The smallest absolute Gasteiger partial charge is 0.306 e. The SMILES string of the molecule is CCCCCCC/C=C\C/C=C\CCCCCCCCCCCC(=O)OCC(COC(=O)CCCCCCCC)OC(=O)CCCCCCCCCCCC. The molecular weight excluding hydrogens is 685 g/mol. The lowest BCUT2D eigenvalue weighted by Gasteiger charge is -2.18. The van der Waals surface area contributed by atoms with Crippen molar-refractivity contribution >= 4 is 17.9 Å². The van der Waals surface area contributed by atoms with E-state index in [2.05, 4.69) is 45.1 Å². The van der Waals surface area contributed by atoms with Gasteiger partial charge < -0.3 is 14.2 Å². The fourth-order valence-electron chi connectivity index (χ4n) is 6.82. The number of esters is 3. The first-order valence-corrected chi connectivity index (χ1v) is 23.8.